The highest BCUT2D eigenvalue weighted by molar-refractivity contribution is 5.95. The van der Waals surface area contributed by atoms with Crippen molar-refractivity contribution in [3.05, 3.63) is 53.9 Å². The maximum absolute atomic E-state index is 13.1. The molecule has 28 heavy (non-hydrogen) atoms. The summed E-state index contributed by atoms with van der Waals surface area (Å²) in [6.45, 7) is 7.26. The summed E-state index contributed by atoms with van der Waals surface area (Å²) in [6, 6.07) is 9.81. The number of benzene rings is 1. The van der Waals surface area contributed by atoms with Crippen LogP contribution in [0.25, 0.3) is 11.1 Å². The highest BCUT2D eigenvalue weighted by Gasteiger charge is 2.22. The van der Waals surface area contributed by atoms with E-state index in [1.54, 1.807) is 18.0 Å². The molecule has 2 aromatic rings. The number of aryl methyl sites for hydroxylation is 1. The SMILES string of the molecule is CCOCCCN(CC(C)C(=O)O)C(=O)c1cncc(-c2cccc(C)c2)c1. The predicted octanol–water partition coefficient (Wildman–Crippen LogP) is 3.65. The van der Waals surface area contributed by atoms with E-state index in [0.29, 0.717) is 31.7 Å². The van der Waals surface area contributed by atoms with E-state index in [2.05, 4.69) is 4.98 Å². The van der Waals surface area contributed by atoms with Gasteiger partial charge in [0.25, 0.3) is 5.91 Å². The predicted molar refractivity (Wildman–Crippen MR) is 108 cm³/mol. The molecule has 2 rings (SSSR count). The topological polar surface area (TPSA) is 79.7 Å². The third-order valence-corrected chi connectivity index (χ3v) is 4.46. The van der Waals surface area contributed by atoms with Crippen LogP contribution in [0.3, 0.4) is 0 Å². The van der Waals surface area contributed by atoms with Crippen LogP contribution in [0.4, 0.5) is 0 Å². The third-order valence-electron chi connectivity index (χ3n) is 4.46. The van der Waals surface area contributed by atoms with Crippen LogP contribution in [0.2, 0.25) is 0 Å². The van der Waals surface area contributed by atoms with Crippen molar-refractivity contribution >= 4 is 11.9 Å². The van der Waals surface area contributed by atoms with Gasteiger partial charge >= 0.3 is 5.97 Å². The highest BCUT2D eigenvalue weighted by atomic mass is 16.5. The minimum absolute atomic E-state index is 0.148. The van der Waals surface area contributed by atoms with Crippen molar-refractivity contribution in [2.75, 3.05) is 26.3 Å². The summed E-state index contributed by atoms with van der Waals surface area (Å²) in [4.78, 5) is 30.1. The van der Waals surface area contributed by atoms with Gasteiger partial charge in [-0.25, -0.2) is 0 Å². The maximum Gasteiger partial charge on any atom is 0.308 e. The largest absolute Gasteiger partial charge is 0.481 e. The first-order valence-electron chi connectivity index (χ1n) is 9.54. The van der Waals surface area contributed by atoms with Crippen LogP contribution in [0.1, 0.15) is 36.2 Å². The van der Waals surface area contributed by atoms with E-state index in [1.807, 2.05) is 44.2 Å². The number of hydrogen-bond acceptors (Lipinski definition) is 4. The molecular weight excluding hydrogens is 356 g/mol. The lowest BCUT2D eigenvalue weighted by Crippen LogP contribution is -2.38. The van der Waals surface area contributed by atoms with Gasteiger partial charge in [-0.1, -0.05) is 36.8 Å². The molecule has 0 aliphatic rings. The second-order valence-corrected chi connectivity index (χ2v) is 6.87. The minimum Gasteiger partial charge on any atom is -0.481 e. The van der Waals surface area contributed by atoms with Crippen LogP contribution in [-0.2, 0) is 9.53 Å². The summed E-state index contributed by atoms with van der Waals surface area (Å²) >= 11 is 0. The molecule has 0 bridgehead atoms. The molecule has 150 valence electrons. The van der Waals surface area contributed by atoms with Crippen LogP contribution in [-0.4, -0.2) is 53.2 Å². The highest BCUT2D eigenvalue weighted by Crippen LogP contribution is 2.21. The van der Waals surface area contributed by atoms with E-state index in [0.717, 1.165) is 16.7 Å². The number of ether oxygens (including phenoxy) is 1. The van der Waals surface area contributed by atoms with E-state index in [9.17, 15) is 14.7 Å². The van der Waals surface area contributed by atoms with E-state index in [1.165, 1.54) is 6.20 Å². The summed E-state index contributed by atoms with van der Waals surface area (Å²) in [5.74, 6) is -1.79. The van der Waals surface area contributed by atoms with Crippen molar-refractivity contribution in [2.45, 2.75) is 27.2 Å². The smallest absolute Gasteiger partial charge is 0.308 e. The average Bonchev–Trinajstić information content (AvgIpc) is 2.69. The van der Waals surface area contributed by atoms with E-state index in [4.69, 9.17) is 4.74 Å². The molecule has 1 N–H and O–H groups in total. The van der Waals surface area contributed by atoms with Gasteiger partial charge in [-0.05, 0) is 31.9 Å². The second-order valence-electron chi connectivity index (χ2n) is 6.87. The van der Waals surface area contributed by atoms with Crippen LogP contribution in [0, 0.1) is 12.8 Å². The normalized spacial score (nSPS) is 11.8. The molecule has 1 aromatic carbocycles. The minimum atomic E-state index is -0.922. The molecule has 6 nitrogen and oxygen atoms in total. The van der Waals surface area contributed by atoms with Crippen LogP contribution in [0.5, 0.6) is 0 Å². The first-order chi connectivity index (χ1) is 13.4. The molecule has 0 aliphatic carbocycles. The number of rotatable bonds is 10. The summed E-state index contributed by atoms with van der Waals surface area (Å²) in [7, 11) is 0. The Labute approximate surface area is 166 Å². The first kappa shape index (κ1) is 21.6. The number of aliphatic carboxylic acids is 1. The average molecular weight is 384 g/mol. The Kier molecular flexibility index (Phi) is 8.14. The maximum atomic E-state index is 13.1. The van der Waals surface area contributed by atoms with Gasteiger partial charge in [0, 0.05) is 44.3 Å². The molecule has 1 unspecified atom stereocenters. The van der Waals surface area contributed by atoms with Crippen molar-refractivity contribution in [1.29, 1.82) is 0 Å². The van der Waals surface area contributed by atoms with Crippen molar-refractivity contribution < 1.29 is 19.4 Å². The zero-order valence-corrected chi connectivity index (χ0v) is 16.7. The Morgan fingerprint density at radius 3 is 2.68 bits per heavy atom. The second kappa shape index (κ2) is 10.6. The van der Waals surface area contributed by atoms with Gasteiger partial charge in [0.2, 0.25) is 0 Å². The molecule has 1 amide bonds. The Morgan fingerprint density at radius 1 is 1.21 bits per heavy atom. The van der Waals surface area contributed by atoms with Gasteiger partial charge in [0.05, 0.1) is 11.5 Å². The van der Waals surface area contributed by atoms with Gasteiger partial charge in [-0.3, -0.25) is 14.6 Å². The summed E-state index contributed by atoms with van der Waals surface area (Å²) in [5, 5.41) is 9.24. The van der Waals surface area contributed by atoms with Crippen LogP contribution >= 0.6 is 0 Å². The Bertz CT molecular complexity index is 807. The fourth-order valence-corrected chi connectivity index (χ4v) is 2.91. The quantitative estimate of drug-likeness (QED) is 0.633. The van der Waals surface area contributed by atoms with Crippen molar-refractivity contribution in [3.63, 3.8) is 0 Å². The van der Waals surface area contributed by atoms with Crippen molar-refractivity contribution in [1.82, 2.24) is 9.88 Å². The number of hydrogen-bond donors (Lipinski definition) is 1. The fourth-order valence-electron chi connectivity index (χ4n) is 2.91. The van der Waals surface area contributed by atoms with E-state index < -0.39 is 11.9 Å². The number of pyridine rings is 1. The molecule has 0 aliphatic heterocycles. The molecule has 0 spiro atoms. The zero-order chi connectivity index (χ0) is 20.5. The van der Waals surface area contributed by atoms with E-state index >= 15 is 0 Å². The zero-order valence-electron chi connectivity index (χ0n) is 16.7. The molecule has 1 aromatic heterocycles. The van der Waals surface area contributed by atoms with E-state index in [-0.39, 0.29) is 12.5 Å². The Balaban J connectivity index is 2.21. The number of carbonyl (C=O) groups is 2. The number of carboxylic acids is 1. The number of nitrogens with zero attached hydrogens (tertiary/aromatic N) is 2. The van der Waals surface area contributed by atoms with Crippen molar-refractivity contribution in [3.8, 4) is 11.1 Å². The first-order valence-corrected chi connectivity index (χ1v) is 9.54. The lowest BCUT2D eigenvalue weighted by atomic mass is 10.0. The molecule has 0 radical (unpaired) electrons. The molecule has 1 atom stereocenters. The molecule has 0 saturated heterocycles. The van der Waals surface area contributed by atoms with Gasteiger partial charge < -0.3 is 14.7 Å². The standard InChI is InChI=1S/C22H28N2O4/c1-4-28-10-6-9-24(15-17(3)22(26)27)21(25)20-12-19(13-23-14-20)18-8-5-7-16(2)11-18/h5,7-8,11-14,17H,4,6,9-10,15H2,1-3H3,(H,26,27). The molecule has 6 heteroatoms. The van der Waals surface area contributed by atoms with Gasteiger partial charge in [0.15, 0.2) is 0 Å². The fraction of sp³-hybridized carbons (Fsp3) is 0.409. The number of carboxylic acid groups (broad SMARTS) is 1. The number of aromatic nitrogens is 1. The van der Waals surface area contributed by atoms with Crippen LogP contribution in [0.15, 0.2) is 42.7 Å². The molecule has 1 heterocycles. The molecule has 0 fully saturated rings. The van der Waals surface area contributed by atoms with Gasteiger partial charge in [0.1, 0.15) is 0 Å². The summed E-state index contributed by atoms with van der Waals surface area (Å²) < 4.78 is 5.34. The summed E-state index contributed by atoms with van der Waals surface area (Å²) in [6.07, 6.45) is 3.91. The van der Waals surface area contributed by atoms with Gasteiger partial charge in [-0.15, -0.1) is 0 Å². The molecule has 0 saturated carbocycles. The third kappa shape index (κ3) is 6.16. The summed E-state index contributed by atoms with van der Waals surface area (Å²) in [5.41, 5.74) is 3.43. The van der Waals surface area contributed by atoms with Gasteiger partial charge in [-0.2, -0.15) is 0 Å². The Morgan fingerprint density at radius 2 is 2.00 bits per heavy atom. The monoisotopic (exact) mass is 384 g/mol. The number of amides is 1. The Hall–Kier alpha value is -2.73. The van der Waals surface area contributed by atoms with Crippen molar-refractivity contribution in [2.24, 2.45) is 5.92 Å². The lowest BCUT2D eigenvalue weighted by Gasteiger charge is -2.24. The number of carbonyl (C=O) groups excluding carboxylic acids is 1. The molecular formula is C22H28N2O4. The van der Waals surface area contributed by atoms with Crippen LogP contribution < -0.4 is 0 Å². The lowest BCUT2D eigenvalue weighted by molar-refractivity contribution is -0.141.